The van der Waals surface area contributed by atoms with Crippen molar-refractivity contribution in [2.45, 2.75) is 52.9 Å². The van der Waals surface area contributed by atoms with Crippen LogP contribution >= 0.6 is 11.3 Å². The fraction of sp³-hybridized carbons (Fsp3) is 0.571. The molecule has 0 atom stereocenters. The van der Waals surface area contributed by atoms with Gasteiger partial charge in [-0.15, -0.1) is 5.54 Å². The molecule has 0 radical (unpaired) electrons. The topological polar surface area (TPSA) is 51.2 Å². The molecule has 1 rings (SSSR count). The van der Waals surface area contributed by atoms with E-state index >= 15 is 0 Å². The summed E-state index contributed by atoms with van der Waals surface area (Å²) in [5.41, 5.74) is 3.62. The Hall–Kier alpha value is -1.32. The normalized spacial score (nSPS) is 11.6. The van der Waals surface area contributed by atoms with Gasteiger partial charge in [-0.2, -0.15) is 0 Å². The molecule has 0 unspecified atom stereocenters. The fourth-order valence-corrected chi connectivity index (χ4v) is 2.60. The van der Waals surface area contributed by atoms with Gasteiger partial charge in [-0.05, 0) is 27.7 Å². The highest BCUT2D eigenvalue weighted by Crippen LogP contribution is 2.22. The number of carbonyl (C=O) groups is 1. The summed E-state index contributed by atoms with van der Waals surface area (Å²) in [5.74, 6) is 3.17. The molecule has 0 saturated heterocycles. The summed E-state index contributed by atoms with van der Waals surface area (Å²) in [6.45, 7) is 13.9. The lowest BCUT2D eigenvalue weighted by atomic mass is 10.2. The Labute approximate surface area is 126 Å². The zero-order valence-electron chi connectivity index (χ0n) is 13.2. The molecular weight excluding hydrogens is 288 g/mol. The second-order valence-electron chi connectivity index (χ2n) is 6.56. The summed E-state index contributed by atoms with van der Waals surface area (Å²) >= 11 is 1.38. The lowest BCUT2D eigenvalue weighted by molar-refractivity contribution is 0.0636. The van der Waals surface area contributed by atoms with Gasteiger partial charge in [0.25, 0.3) is 0 Å². The molecule has 6 heteroatoms. The van der Waals surface area contributed by atoms with Crippen molar-refractivity contribution in [3.8, 4) is 11.5 Å². The highest BCUT2D eigenvalue weighted by molar-refractivity contribution is 7.16. The molecule has 110 valence electrons. The number of ether oxygens (including phenoxy) is 1. The van der Waals surface area contributed by atoms with E-state index in [2.05, 4.69) is 41.4 Å². The van der Waals surface area contributed by atoms with Crippen LogP contribution in [0.15, 0.2) is 0 Å². The second-order valence-corrected chi connectivity index (χ2v) is 12.3. The Morgan fingerprint density at radius 3 is 2.45 bits per heavy atom. The van der Waals surface area contributed by atoms with E-state index in [1.54, 1.807) is 0 Å². The van der Waals surface area contributed by atoms with E-state index in [0.717, 1.165) is 10.6 Å². The van der Waals surface area contributed by atoms with Gasteiger partial charge in [0.15, 0.2) is 5.13 Å². The number of aryl methyl sites for hydroxylation is 1. The van der Waals surface area contributed by atoms with E-state index in [9.17, 15) is 4.79 Å². The molecule has 0 aromatic carbocycles. The minimum Gasteiger partial charge on any atom is -0.444 e. The molecule has 1 heterocycles. The van der Waals surface area contributed by atoms with Crippen LogP contribution in [0, 0.1) is 18.4 Å². The van der Waals surface area contributed by atoms with Gasteiger partial charge in [0.05, 0.1) is 5.69 Å². The predicted molar refractivity (Wildman–Crippen MR) is 86.9 cm³/mol. The maximum absolute atomic E-state index is 11.7. The van der Waals surface area contributed by atoms with Gasteiger partial charge in [0.2, 0.25) is 0 Å². The first kappa shape index (κ1) is 16.7. The Morgan fingerprint density at radius 2 is 1.95 bits per heavy atom. The van der Waals surface area contributed by atoms with Crippen LogP contribution in [0.25, 0.3) is 0 Å². The number of thiazole rings is 1. The second kappa shape index (κ2) is 5.98. The van der Waals surface area contributed by atoms with Crippen LogP contribution in [0.5, 0.6) is 0 Å². The molecule has 1 amide bonds. The molecule has 4 nitrogen and oxygen atoms in total. The van der Waals surface area contributed by atoms with E-state index in [1.807, 2.05) is 27.7 Å². The van der Waals surface area contributed by atoms with Gasteiger partial charge in [-0.1, -0.05) is 36.9 Å². The molecule has 20 heavy (non-hydrogen) atoms. The SMILES string of the molecule is Cc1nc(NC(=O)OC(C)(C)C)sc1C#C[Si](C)(C)C. The first-order chi connectivity index (χ1) is 8.96. The van der Waals surface area contributed by atoms with Gasteiger partial charge in [0, 0.05) is 0 Å². The van der Waals surface area contributed by atoms with Crippen LogP contribution < -0.4 is 5.32 Å². The summed E-state index contributed by atoms with van der Waals surface area (Å²) in [5, 5.41) is 3.17. The van der Waals surface area contributed by atoms with E-state index in [4.69, 9.17) is 4.74 Å². The molecule has 0 saturated carbocycles. The molecule has 1 N–H and O–H groups in total. The minimum absolute atomic E-state index is 0.490. The van der Waals surface area contributed by atoms with Crippen molar-refractivity contribution in [3.63, 3.8) is 0 Å². The van der Waals surface area contributed by atoms with Crippen molar-refractivity contribution < 1.29 is 9.53 Å². The number of rotatable bonds is 1. The smallest absolute Gasteiger partial charge is 0.413 e. The standard InChI is InChI=1S/C14H22N2O2SSi/c1-10-11(8-9-20(5,6)7)19-12(15-10)16-13(17)18-14(2,3)4/h1-7H3,(H,15,16,17). The number of aromatic nitrogens is 1. The first-order valence-corrected chi connectivity index (χ1v) is 10.8. The highest BCUT2D eigenvalue weighted by atomic mass is 32.1. The Kier molecular flexibility index (Phi) is 5.00. The molecule has 0 fully saturated rings. The van der Waals surface area contributed by atoms with Gasteiger partial charge in [-0.25, -0.2) is 9.78 Å². The Morgan fingerprint density at radius 1 is 1.35 bits per heavy atom. The number of anilines is 1. The number of nitrogens with one attached hydrogen (secondary N) is 1. The van der Waals surface area contributed by atoms with Crippen LogP contribution in [0.4, 0.5) is 9.93 Å². The number of hydrogen-bond donors (Lipinski definition) is 1. The van der Waals surface area contributed by atoms with Gasteiger partial charge in [-0.3, -0.25) is 5.32 Å². The molecule has 0 aliphatic rings. The van der Waals surface area contributed by atoms with E-state index in [-0.39, 0.29) is 0 Å². The summed E-state index contributed by atoms with van der Waals surface area (Å²) in [6.07, 6.45) is -0.490. The first-order valence-electron chi connectivity index (χ1n) is 6.47. The number of amides is 1. The van der Waals surface area contributed by atoms with Gasteiger partial charge in [0.1, 0.15) is 18.6 Å². The monoisotopic (exact) mass is 310 g/mol. The van der Waals surface area contributed by atoms with E-state index in [0.29, 0.717) is 5.13 Å². The maximum atomic E-state index is 11.7. The van der Waals surface area contributed by atoms with Crippen molar-refractivity contribution >= 4 is 30.6 Å². The quantitative estimate of drug-likeness (QED) is 0.629. The highest BCUT2D eigenvalue weighted by Gasteiger charge is 2.18. The Bertz CT molecular complexity index is 556. The molecule has 1 aromatic rings. The molecule has 0 bridgehead atoms. The van der Waals surface area contributed by atoms with Gasteiger partial charge < -0.3 is 4.74 Å². The third kappa shape index (κ3) is 6.22. The average Bonchev–Trinajstić information content (AvgIpc) is 2.51. The van der Waals surface area contributed by atoms with Crippen molar-refractivity contribution in [2.75, 3.05) is 5.32 Å². The number of nitrogens with zero attached hydrogens (tertiary/aromatic N) is 1. The van der Waals surface area contributed by atoms with Crippen molar-refractivity contribution in [3.05, 3.63) is 10.6 Å². The van der Waals surface area contributed by atoms with Crippen LogP contribution in [-0.2, 0) is 4.74 Å². The maximum Gasteiger partial charge on any atom is 0.413 e. The molecule has 1 aromatic heterocycles. The largest absolute Gasteiger partial charge is 0.444 e. The summed E-state index contributed by atoms with van der Waals surface area (Å²) in [4.78, 5) is 16.9. The molecular formula is C14H22N2O2SSi. The van der Waals surface area contributed by atoms with Gasteiger partial charge >= 0.3 is 6.09 Å². The van der Waals surface area contributed by atoms with Crippen molar-refractivity contribution in [2.24, 2.45) is 0 Å². The predicted octanol–water partition coefficient (Wildman–Crippen LogP) is 4.03. The third-order valence-electron chi connectivity index (χ3n) is 1.96. The van der Waals surface area contributed by atoms with E-state index in [1.165, 1.54) is 11.3 Å². The third-order valence-corrected chi connectivity index (χ3v) is 3.82. The zero-order chi connectivity index (χ0) is 15.6. The molecule has 0 aliphatic carbocycles. The van der Waals surface area contributed by atoms with Crippen molar-refractivity contribution in [1.82, 2.24) is 4.98 Å². The van der Waals surface area contributed by atoms with Crippen LogP contribution in [0.2, 0.25) is 19.6 Å². The lowest BCUT2D eigenvalue weighted by Gasteiger charge is -2.18. The molecule has 0 aliphatic heterocycles. The zero-order valence-corrected chi connectivity index (χ0v) is 15.0. The van der Waals surface area contributed by atoms with Crippen LogP contribution in [0.1, 0.15) is 31.3 Å². The minimum atomic E-state index is -1.41. The van der Waals surface area contributed by atoms with E-state index < -0.39 is 19.8 Å². The number of carbonyl (C=O) groups excluding carboxylic acids is 1. The lowest BCUT2D eigenvalue weighted by Crippen LogP contribution is -2.27. The van der Waals surface area contributed by atoms with Crippen LogP contribution in [-0.4, -0.2) is 24.8 Å². The summed E-state index contributed by atoms with van der Waals surface area (Å²) in [7, 11) is -1.41. The fourth-order valence-electron chi connectivity index (χ4n) is 1.20. The Balaban J connectivity index is 2.80. The van der Waals surface area contributed by atoms with Crippen LogP contribution in [0.3, 0.4) is 0 Å². The molecule has 0 spiro atoms. The summed E-state index contributed by atoms with van der Waals surface area (Å²) < 4.78 is 5.19. The average molecular weight is 310 g/mol. The number of hydrogen-bond acceptors (Lipinski definition) is 4. The van der Waals surface area contributed by atoms with Crippen molar-refractivity contribution in [1.29, 1.82) is 0 Å². The summed E-state index contributed by atoms with van der Waals surface area (Å²) in [6, 6.07) is 0.